The van der Waals surface area contributed by atoms with E-state index in [1.54, 1.807) is 17.4 Å². The number of aromatic nitrogens is 1. The second-order valence-electron chi connectivity index (χ2n) is 4.41. The first-order valence-corrected chi connectivity index (χ1v) is 6.71. The van der Waals surface area contributed by atoms with Gasteiger partial charge in [0.15, 0.2) is 0 Å². The number of hydrogen-bond acceptors (Lipinski definition) is 3. The molecule has 0 radical (unpaired) electrons. The molecular weight excluding hydrogens is 247 g/mol. The van der Waals surface area contributed by atoms with Gasteiger partial charge in [0.25, 0.3) is 0 Å². The lowest BCUT2D eigenvalue weighted by atomic mass is 9.99. The molecule has 2 rings (SSSR count). The number of aryl methyl sites for hydroxylation is 3. The van der Waals surface area contributed by atoms with Gasteiger partial charge in [-0.25, -0.2) is 9.37 Å². The van der Waals surface area contributed by atoms with Crippen molar-refractivity contribution in [1.29, 1.82) is 0 Å². The highest BCUT2D eigenvalue weighted by atomic mass is 32.1. The van der Waals surface area contributed by atoms with Gasteiger partial charge < -0.3 is 5.32 Å². The summed E-state index contributed by atoms with van der Waals surface area (Å²) in [6.07, 6.45) is 0. The molecule has 0 bridgehead atoms. The van der Waals surface area contributed by atoms with E-state index in [1.807, 2.05) is 33.9 Å². The summed E-state index contributed by atoms with van der Waals surface area (Å²) in [6.45, 7) is 5.99. The summed E-state index contributed by atoms with van der Waals surface area (Å²) >= 11 is 1.66. The van der Waals surface area contributed by atoms with Crippen LogP contribution in [0, 0.1) is 26.6 Å². The molecule has 1 atom stereocenters. The molecule has 0 saturated carbocycles. The average Bonchev–Trinajstić information content (AvgIpc) is 2.64. The minimum absolute atomic E-state index is 0.00639. The Labute approximate surface area is 111 Å². The molecule has 0 saturated heterocycles. The fraction of sp³-hybridized carbons (Fsp3) is 0.357. The van der Waals surface area contributed by atoms with Crippen LogP contribution in [0.2, 0.25) is 0 Å². The number of nitrogens with one attached hydrogen (secondary N) is 1. The predicted octanol–water partition coefficient (Wildman–Crippen LogP) is 3.52. The van der Waals surface area contributed by atoms with E-state index in [0.29, 0.717) is 0 Å². The summed E-state index contributed by atoms with van der Waals surface area (Å²) < 4.78 is 13.4. The molecule has 1 aromatic heterocycles. The van der Waals surface area contributed by atoms with Crippen LogP contribution in [0.15, 0.2) is 18.2 Å². The van der Waals surface area contributed by atoms with Gasteiger partial charge in [0.2, 0.25) is 0 Å². The third kappa shape index (κ3) is 2.44. The highest BCUT2D eigenvalue weighted by Crippen LogP contribution is 2.31. The Bertz CT molecular complexity index is 563. The third-order valence-corrected chi connectivity index (χ3v) is 4.18. The molecule has 2 nitrogen and oxygen atoms in total. The molecule has 96 valence electrons. The molecule has 1 unspecified atom stereocenters. The maximum atomic E-state index is 13.4. The van der Waals surface area contributed by atoms with Crippen LogP contribution in [0.25, 0.3) is 0 Å². The van der Waals surface area contributed by atoms with Crippen LogP contribution in [0.1, 0.15) is 32.7 Å². The number of hydrogen-bond donors (Lipinski definition) is 1. The molecule has 1 aromatic carbocycles. The molecule has 0 aliphatic carbocycles. The Hall–Kier alpha value is -1.26. The molecule has 1 N–H and O–H groups in total. The van der Waals surface area contributed by atoms with Crippen molar-refractivity contribution in [3.8, 4) is 0 Å². The van der Waals surface area contributed by atoms with Gasteiger partial charge in [-0.1, -0.05) is 6.07 Å². The first-order chi connectivity index (χ1) is 8.52. The zero-order chi connectivity index (χ0) is 13.3. The maximum absolute atomic E-state index is 13.4. The van der Waals surface area contributed by atoms with Gasteiger partial charge in [-0.05, 0) is 51.1 Å². The van der Waals surface area contributed by atoms with Crippen LogP contribution < -0.4 is 5.32 Å². The van der Waals surface area contributed by atoms with Gasteiger partial charge in [-0.15, -0.1) is 11.3 Å². The van der Waals surface area contributed by atoms with Gasteiger partial charge in [0.05, 0.1) is 16.7 Å². The van der Waals surface area contributed by atoms with Gasteiger partial charge >= 0.3 is 0 Å². The van der Waals surface area contributed by atoms with Crippen molar-refractivity contribution >= 4 is 11.3 Å². The topological polar surface area (TPSA) is 24.9 Å². The van der Waals surface area contributed by atoms with Crippen LogP contribution in [0.3, 0.4) is 0 Å². The van der Waals surface area contributed by atoms with Crippen molar-refractivity contribution in [2.75, 3.05) is 7.05 Å². The van der Waals surface area contributed by atoms with Crippen LogP contribution >= 0.6 is 11.3 Å². The van der Waals surface area contributed by atoms with Gasteiger partial charge in [0.1, 0.15) is 5.82 Å². The summed E-state index contributed by atoms with van der Waals surface area (Å²) in [7, 11) is 1.89. The monoisotopic (exact) mass is 264 g/mol. The number of halogens is 1. The van der Waals surface area contributed by atoms with Crippen molar-refractivity contribution < 1.29 is 4.39 Å². The zero-order valence-corrected chi connectivity index (χ0v) is 11.9. The van der Waals surface area contributed by atoms with E-state index in [1.165, 1.54) is 6.07 Å². The number of benzene rings is 1. The molecule has 0 aliphatic rings. The summed E-state index contributed by atoms with van der Waals surface area (Å²) in [5.41, 5.74) is 3.07. The average molecular weight is 264 g/mol. The number of rotatable bonds is 3. The Balaban J connectivity index is 2.51. The van der Waals surface area contributed by atoms with E-state index in [-0.39, 0.29) is 11.9 Å². The van der Waals surface area contributed by atoms with Crippen LogP contribution in [-0.2, 0) is 0 Å². The van der Waals surface area contributed by atoms with Crippen molar-refractivity contribution in [1.82, 2.24) is 10.3 Å². The number of thiazole rings is 1. The zero-order valence-electron chi connectivity index (χ0n) is 11.0. The first-order valence-electron chi connectivity index (χ1n) is 5.90. The number of nitrogens with zero attached hydrogens (tertiary/aromatic N) is 1. The third-order valence-electron chi connectivity index (χ3n) is 3.04. The Morgan fingerprint density at radius 2 is 2.00 bits per heavy atom. The van der Waals surface area contributed by atoms with E-state index in [9.17, 15) is 4.39 Å². The first kappa shape index (κ1) is 13.2. The molecular formula is C14H17FN2S. The smallest absolute Gasteiger partial charge is 0.123 e. The molecule has 0 spiro atoms. The molecule has 4 heteroatoms. The van der Waals surface area contributed by atoms with E-state index in [2.05, 4.69) is 10.3 Å². The van der Waals surface area contributed by atoms with Crippen LogP contribution in [-0.4, -0.2) is 12.0 Å². The second kappa shape index (κ2) is 5.16. The summed E-state index contributed by atoms with van der Waals surface area (Å²) in [5, 5.41) is 4.30. The maximum Gasteiger partial charge on any atom is 0.123 e. The molecule has 0 aliphatic heterocycles. The van der Waals surface area contributed by atoms with Gasteiger partial charge in [0, 0.05) is 4.88 Å². The minimum atomic E-state index is -0.199. The van der Waals surface area contributed by atoms with Crippen LogP contribution in [0.5, 0.6) is 0 Å². The second-order valence-corrected chi connectivity index (χ2v) is 5.64. The lowest BCUT2D eigenvalue weighted by Gasteiger charge is -2.18. The normalized spacial score (nSPS) is 12.7. The highest BCUT2D eigenvalue weighted by Gasteiger charge is 2.19. The van der Waals surface area contributed by atoms with Crippen molar-refractivity contribution in [2.24, 2.45) is 0 Å². The molecule has 18 heavy (non-hydrogen) atoms. The van der Waals surface area contributed by atoms with E-state index in [0.717, 1.165) is 26.7 Å². The summed E-state index contributed by atoms with van der Waals surface area (Å²) in [4.78, 5) is 5.60. The van der Waals surface area contributed by atoms with Crippen molar-refractivity contribution in [3.05, 3.63) is 50.7 Å². The summed E-state index contributed by atoms with van der Waals surface area (Å²) in [5.74, 6) is -0.199. The van der Waals surface area contributed by atoms with E-state index < -0.39 is 0 Å². The SMILES string of the molecule is CNC(c1cc(F)ccc1C)c1sc(C)nc1C. The lowest BCUT2D eigenvalue weighted by Crippen LogP contribution is -2.18. The lowest BCUT2D eigenvalue weighted by molar-refractivity contribution is 0.616. The minimum Gasteiger partial charge on any atom is -0.309 e. The predicted molar refractivity (Wildman–Crippen MR) is 73.6 cm³/mol. The Morgan fingerprint density at radius 3 is 2.56 bits per heavy atom. The largest absolute Gasteiger partial charge is 0.309 e. The van der Waals surface area contributed by atoms with Crippen LogP contribution in [0.4, 0.5) is 4.39 Å². The summed E-state index contributed by atoms with van der Waals surface area (Å²) in [6, 6.07) is 4.92. The molecule has 2 aromatic rings. The molecule has 0 fully saturated rings. The molecule has 1 heterocycles. The fourth-order valence-electron chi connectivity index (χ4n) is 2.17. The quantitative estimate of drug-likeness (QED) is 0.917. The van der Waals surface area contributed by atoms with Crippen molar-refractivity contribution in [2.45, 2.75) is 26.8 Å². The standard InChI is InChI=1S/C14H17FN2S/c1-8-5-6-11(15)7-12(8)13(16-4)14-9(2)17-10(3)18-14/h5-7,13,16H,1-4H3. The van der Waals surface area contributed by atoms with E-state index in [4.69, 9.17) is 0 Å². The Kier molecular flexibility index (Phi) is 3.78. The molecule has 0 amide bonds. The fourth-order valence-corrected chi connectivity index (χ4v) is 3.22. The van der Waals surface area contributed by atoms with Gasteiger partial charge in [-0.3, -0.25) is 0 Å². The van der Waals surface area contributed by atoms with E-state index >= 15 is 0 Å². The van der Waals surface area contributed by atoms with Gasteiger partial charge in [-0.2, -0.15) is 0 Å². The Morgan fingerprint density at radius 1 is 1.28 bits per heavy atom. The highest BCUT2D eigenvalue weighted by molar-refractivity contribution is 7.11. The van der Waals surface area contributed by atoms with Crippen molar-refractivity contribution in [3.63, 3.8) is 0 Å².